The van der Waals surface area contributed by atoms with Crippen LogP contribution in [0.3, 0.4) is 0 Å². The number of likely N-dealkylation sites (tertiary alicyclic amines) is 1. The van der Waals surface area contributed by atoms with Crippen LogP contribution in [0.25, 0.3) is 6.08 Å². The molecule has 3 rings (SSSR count). The zero-order chi connectivity index (χ0) is 16.1. The van der Waals surface area contributed by atoms with Crippen LogP contribution in [0.5, 0.6) is 0 Å². The number of ether oxygens (including phenoxy) is 1. The van der Waals surface area contributed by atoms with Gasteiger partial charge in [0.1, 0.15) is 5.82 Å². The molecule has 0 aliphatic carbocycles. The van der Waals surface area contributed by atoms with Gasteiger partial charge in [-0.15, -0.1) is 0 Å². The average Bonchev–Trinajstić information content (AvgIpc) is 2.73. The van der Waals surface area contributed by atoms with Crippen molar-refractivity contribution >= 4 is 12.0 Å². The monoisotopic (exact) mass is 318 g/mol. The van der Waals surface area contributed by atoms with Crippen LogP contribution in [0.4, 0.5) is 4.39 Å². The number of rotatable bonds is 3. The van der Waals surface area contributed by atoms with Crippen molar-refractivity contribution in [3.8, 4) is 0 Å². The molecule has 1 N–H and O–H groups in total. The van der Waals surface area contributed by atoms with Crippen molar-refractivity contribution in [1.82, 2.24) is 10.2 Å². The standard InChI is InChI=1S/C18H23FN2O2/c19-16-5-3-15(4-6-16)2-1-10-21-11-7-18(8-12-21)14-17(22)20-9-13-23-18/h1-6H,7-14H2,(H,20,22)/b2-1+. The minimum atomic E-state index is -0.266. The fraction of sp³-hybridized carbons (Fsp3) is 0.500. The Hall–Kier alpha value is -1.72. The number of piperidine rings is 1. The number of benzene rings is 1. The fourth-order valence-corrected chi connectivity index (χ4v) is 3.24. The van der Waals surface area contributed by atoms with Crippen LogP contribution < -0.4 is 5.32 Å². The van der Waals surface area contributed by atoms with Gasteiger partial charge in [-0.2, -0.15) is 0 Å². The molecule has 4 nitrogen and oxygen atoms in total. The summed E-state index contributed by atoms with van der Waals surface area (Å²) in [6.45, 7) is 3.95. The number of nitrogens with zero attached hydrogens (tertiary/aromatic N) is 1. The van der Waals surface area contributed by atoms with Crippen LogP contribution >= 0.6 is 0 Å². The summed E-state index contributed by atoms with van der Waals surface area (Å²) in [6, 6.07) is 6.49. The molecule has 1 spiro atoms. The first kappa shape index (κ1) is 16.1. The van der Waals surface area contributed by atoms with Gasteiger partial charge in [0.25, 0.3) is 0 Å². The lowest BCUT2D eigenvalue weighted by Gasteiger charge is -2.40. The lowest BCUT2D eigenvalue weighted by atomic mass is 9.87. The normalized spacial score (nSPS) is 22.2. The summed E-state index contributed by atoms with van der Waals surface area (Å²) in [4.78, 5) is 14.1. The maximum Gasteiger partial charge on any atom is 0.222 e. The van der Waals surface area contributed by atoms with Crippen molar-refractivity contribution in [3.05, 3.63) is 41.7 Å². The lowest BCUT2D eigenvalue weighted by molar-refractivity contribution is -0.128. The molecule has 0 radical (unpaired) electrons. The number of carbonyl (C=O) groups excluding carboxylic acids is 1. The molecule has 1 aromatic carbocycles. The van der Waals surface area contributed by atoms with Gasteiger partial charge in [0.05, 0.1) is 18.6 Å². The molecule has 124 valence electrons. The molecule has 1 aromatic rings. The second-order valence-corrected chi connectivity index (χ2v) is 6.31. The van der Waals surface area contributed by atoms with E-state index in [0.29, 0.717) is 19.6 Å². The summed E-state index contributed by atoms with van der Waals surface area (Å²) >= 11 is 0. The smallest absolute Gasteiger partial charge is 0.222 e. The Bertz CT molecular complexity index is 563. The van der Waals surface area contributed by atoms with Crippen molar-refractivity contribution in [3.63, 3.8) is 0 Å². The van der Waals surface area contributed by atoms with E-state index in [4.69, 9.17) is 4.74 Å². The van der Waals surface area contributed by atoms with Crippen molar-refractivity contribution in [2.75, 3.05) is 32.8 Å². The van der Waals surface area contributed by atoms with Crippen LogP contribution in [0.1, 0.15) is 24.8 Å². The zero-order valence-corrected chi connectivity index (χ0v) is 13.3. The molecular weight excluding hydrogens is 295 g/mol. The van der Waals surface area contributed by atoms with Gasteiger partial charge in [0.2, 0.25) is 5.91 Å². The number of carbonyl (C=O) groups is 1. The van der Waals surface area contributed by atoms with E-state index in [1.165, 1.54) is 12.1 Å². The summed E-state index contributed by atoms with van der Waals surface area (Å²) in [5, 5.41) is 2.87. The molecule has 2 aliphatic heterocycles. The highest BCUT2D eigenvalue weighted by Crippen LogP contribution is 2.30. The molecule has 0 unspecified atom stereocenters. The van der Waals surface area contributed by atoms with Gasteiger partial charge >= 0.3 is 0 Å². The van der Waals surface area contributed by atoms with Crippen LogP contribution in [-0.4, -0.2) is 49.2 Å². The average molecular weight is 318 g/mol. The molecule has 2 aliphatic rings. The third-order valence-electron chi connectivity index (χ3n) is 4.63. The van der Waals surface area contributed by atoms with E-state index in [1.54, 1.807) is 12.1 Å². The largest absolute Gasteiger partial charge is 0.373 e. The lowest BCUT2D eigenvalue weighted by Crippen LogP contribution is -2.47. The van der Waals surface area contributed by atoms with Crippen molar-refractivity contribution < 1.29 is 13.9 Å². The van der Waals surface area contributed by atoms with E-state index in [-0.39, 0.29) is 17.3 Å². The Kier molecular flexibility index (Phi) is 5.08. The Morgan fingerprint density at radius 1 is 1.26 bits per heavy atom. The second-order valence-electron chi connectivity index (χ2n) is 6.31. The molecular formula is C18H23FN2O2. The van der Waals surface area contributed by atoms with Crippen LogP contribution in [0.15, 0.2) is 30.3 Å². The first-order valence-corrected chi connectivity index (χ1v) is 8.20. The maximum atomic E-state index is 12.9. The molecule has 23 heavy (non-hydrogen) atoms. The Balaban J connectivity index is 1.49. The van der Waals surface area contributed by atoms with Crippen LogP contribution in [0.2, 0.25) is 0 Å². The predicted molar refractivity (Wildman–Crippen MR) is 87.4 cm³/mol. The quantitative estimate of drug-likeness (QED) is 0.929. The van der Waals surface area contributed by atoms with E-state index in [0.717, 1.165) is 38.0 Å². The molecule has 2 saturated heterocycles. The molecule has 0 atom stereocenters. The Morgan fingerprint density at radius 3 is 2.74 bits per heavy atom. The minimum absolute atomic E-state index is 0.104. The topological polar surface area (TPSA) is 41.6 Å². The van der Waals surface area contributed by atoms with Gasteiger partial charge in [-0.3, -0.25) is 9.69 Å². The van der Waals surface area contributed by atoms with Crippen LogP contribution in [0, 0.1) is 5.82 Å². The first-order valence-electron chi connectivity index (χ1n) is 8.20. The third-order valence-corrected chi connectivity index (χ3v) is 4.63. The second kappa shape index (κ2) is 7.23. The van der Waals surface area contributed by atoms with Gasteiger partial charge in [0.15, 0.2) is 0 Å². The summed E-state index contributed by atoms with van der Waals surface area (Å²) in [5.74, 6) is -0.108. The van der Waals surface area contributed by atoms with E-state index in [9.17, 15) is 9.18 Å². The van der Waals surface area contributed by atoms with Gasteiger partial charge in [-0.05, 0) is 30.5 Å². The Morgan fingerprint density at radius 2 is 2.00 bits per heavy atom. The number of hydrogen-bond donors (Lipinski definition) is 1. The minimum Gasteiger partial charge on any atom is -0.373 e. The summed E-state index contributed by atoms with van der Waals surface area (Å²) < 4.78 is 18.8. The molecule has 0 saturated carbocycles. The van der Waals surface area contributed by atoms with Gasteiger partial charge in [-0.25, -0.2) is 4.39 Å². The fourth-order valence-electron chi connectivity index (χ4n) is 3.24. The predicted octanol–water partition coefficient (Wildman–Crippen LogP) is 2.21. The highest BCUT2D eigenvalue weighted by molar-refractivity contribution is 5.77. The third kappa shape index (κ3) is 4.39. The van der Waals surface area contributed by atoms with Gasteiger partial charge in [0, 0.05) is 26.2 Å². The molecule has 2 heterocycles. The summed E-state index contributed by atoms with van der Waals surface area (Å²) in [6.07, 6.45) is 6.38. The molecule has 0 aromatic heterocycles. The van der Waals surface area contributed by atoms with E-state index in [2.05, 4.69) is 16.3 Å². The highest BCUT2D eigenvalue weighted by Gasteiger charge is 2.38. The number of halogens is 1. The summed E-state index contributed by atoms with van der Waals surface area (Å²) in [5.41, 5.74) is 0.737. The number of amides is 1. The van der Waals surface area contributed by atoms with E-state index >= 15 is 0 Å². The number of hydrogen-bond acceptors (Lipinski definition) is 3. The summed E-state index contributed by atoms with van der Waals surface area (Å²) in [7, 11) is 0. The maximum absolute atomic E-state index is 12.9. The van der Waals surface area contributed by atoms with Crippen LogP contribution in [-0.2, 0) is 9.53 Å². The molecule has 2 fully saturated rings. The highest BCUT2D eigenvalue weighted by atomic mass is 19.1. The molecule has 1 amide bonds. The van der Waals surface area contributed by atoms with Gasteiger partial charge in [-0.1, -0.05) is 24.3 Å². The van der Waals surface area contributed by atoms with E-state index in [1.807, 2.05) is 6.08 Å². The Labute approximate surface area is 136 Å². The van der Waals surface area contributed by atoms with Crippen molar-refractivity contribution in [2.45, 2.75) is 24.9 Å². The molecule has 5 heteroatoms. The van der Waals surface area contributed by atoms with Gasteiger partial charge < -0.3 is 10.1 Å². The first-order chi connectivity index (χ1) is 11.2. The van der Waals surface area contributed by atoms with Crippen molar-refractivity contribution in [2.24, 2.45) is 0 Å². The SMILES string of the molecule is O=C1CC2(CCN(C/C=C/c3ccc(F)cc3)CC2)OCCN1. The zero-order valence-electron chi connectivity index (χ0n) is 13.3. The molecule has 0 bridgehead atoms. The van der Waals surface area contributed by atoms with Crippen molar-refractivity contribution in [1.29, 1.82) is 0 Å². The van der Waals surface area contributed by atoms with E-state index < -0.39 is 0 Å². The number of nitrogens with one attached hydrogen (secondary N) is 1.